The monoisotopic (exact) mass is 286 g/mol. The topological polar surface area (TPSA) is 16.1 Å². The molecule has 3 heteroatoms. The summed E-state index contributed by atoms with van der Waals surface area (Å²) in [6, 6.07) is 8.62. The molecule has 0 amide bonds. The van der Waals surface area contributed by atoms with Crippen LogP contribution in [0.15, 0.2) is 24.3 Å². The second kappa shape index (κ2) is 6.04. The highest BCUT2D eigenvalue weighted by Crippen LogP contribution is 2.40. The molecule has 0 saturated carbocycles. The molecule has 0 fully saturated rings. The number of rotatable bonds is 5. The quantitative estimate of drug-likeness (QED) is 0.798. The number of benzene rings is 1. The van der Waals surface area contributed by atoms with Crippen molar-refractivity contribution >= 4 is 28.4 Å². The van der Waals surface area contributed by atoms with E-state index in [1.54, 1.807) is 0 Å². The van der Waals surface area contributed by atoms with E-state index in [9.17, 15) is 0 Å². The number of thioether (sulfide) groups is 1. The molecule has 106 valence electrons. The summed E-state index contributed by atoms with van der Waals surface area (Å²) in [5.41, 5.74) is 5.40. The number of fused-ring (bicyclic) bond motifs is 2. The Morgan fingerprint density at radius 2 is 1.85 bits per heavy atom. The van der Waals surface area contributed by atoms with Crippen molar-refractivity contribution in [2.45, 2.75) is 38.2 Å². The molecule has 0 unspecified atom stereocenters. The summed E-state index contributed by atoms with van der Waals surface area (Å²) in [5.74, 6) is 2.19. The molecule has 0 radical (unpaired) electrons. The van der Waals surface area contributed by atoms with E-state index < -0.39 is 0 Å². The zero-order valence-electron chi connectivity index (χ0n) is 12.4. The zero-order chi connectivity index (χ0) is 13.9. The van der Waals surface area contributed by atoms with Crippen LogP contribution in [0.4, 0.5) is 5.69 Å². The van der Waals surface area contributed by atoms with Gasteiger partial charge in [-0.1, -0.05) is 32.0 Å². The average molecular weight is 286 g/mol. The van der Waals surface area contributed by atoms with E-state index in [-0.39, 0.29) is 0 Å². The summed E-state index contributed by atoms with van der Waals surface area (Å²) < 4.78 is 0. The van der Waals surface area contributed by atoms with Crippen LogP contribution < -0.4 is 4.90 Å². The van der Waals surface area contributed by atoms with E-state index in [1.165, 1.54) is 35.2 Å². The molecule has 20 heavy (non-hydrogen) atoms. The van der Waals surface area contributed by atoms with Gasteiger partial charge in [0, 0.05) is 35.5 Å². The number of pyridine rings is 1. The molecule has 0 aliphatic carbocycles. The smallest absolute Gasteiger partial charge is 0.0726 e. The summed E-state index contributed by atoms with van der Waals surface area (Å²) in [6.45, 7) is 6.81. The highest BCUT2D eigenvalue weighted by atomic mass is 32.2. The fourth-order valence-electron chi connectivity index (χ4n) is 3.04. The number of para-hydroxylation sites is 1. The highest BCUT2D eigenvalue weighted by molar-refractivity contribution is 7.98. The van der Waals surface area contributed by atoms with Crippen LogP contribution in [0.5, 0.6) is 0 Å². The van der Waals surface area contributed by atoms with Crippen molar-refractivity contribution in [3.63, 3.8) is 0 Å². The van der Waals surface area contributed by atoms with Crippen LogP contribution in [0.1, 0.15) is 37.9 Å². The predicted molar refractivity (Wildman–Crippen MR) is 89.5 cm³/mol. The van der Waals surface area contributed by atoms with Gasteiger partial charge >= 0.3 is 0 Å². The zero-order valence-corrected chi connectivity index (χ0v) is 13.2. The van der Waals surface area contributed by atoms with E-state index in [2.05, 4.69) is 43.0 Å². The Morgan fingerprint density at radius 3 is 2.60 bits per heavy atom. The molecule has 1 aromatic carbocycles. The maximum atomic E-state index is 4.87. The number of hydrogen-bond donors (Lipinski definition) is 0. The Labute approximate surface area is 125 Å². The van der Waals surface area contributed by atoms with Crippen molar-refractivity contribution in [1.29, 1.82) is 0 Å². The van der Waals surface area contributed by atoms with Crippen molar-refractivity contribution in [2.75, 3.05) is 18.0 Å². The number of nitrogens with zero attached hydrogens (tertiary/aromatic N) is 2. The fraction of sp³-hybridized carbons (Fsp3) is 0.471. The van der Waals surface area contributed by atoms with E-state index in [1.807, 2.05) is 11.8 Å². The van der Waals surface area contributed by atoms with Gasteiger partial charge in [-0.05, 0) is 18.9 Å². The third kappa shape index (κ3) is 2.39. The maximum Gasteiger partial charge on any atom is 0.0726 e. The lowest BCUT2D eigenvalue weighted by molar-refractivity contribution is 0.744. The van der Waals surface area contributed by atoms with Gasteiger partial charge in [0.15, 0.2) is 0 Å². The van der Waals surface area contributed by atoms with Crippen molar-refractivity contribution in [1.82, 2.24) is 4.98 Å². The Hall–Kier alpha value is -1.22. The SMILES string of the molecule is CCCN(CCC)c1c2c(nc3ccccc13)CSC2. The summed E-state index contributed by atoms with van der Waals surface area (Å²) in [7, 11) is 0. The lowest BCUT2D eigenvalue weighted by atomic mass is 10.1. The van der Waals surface area contributed by atoms with Gasteiger partial charge in [-0.15, -0.1) is 0 Å². The molecule has 0 N–H and O–H groups in total. The van der Waals surface area contributed by atoms with Gasteiger partial charge in [-0.3, -0.25) is 4.98 Å². The first-order chi connectivity index (χ1) is 9.85. The van der Waals surface area contributed by atoms with Crippen molar-refractivity contribution in [2.24, 2.45) is 0 Å². The highest BCUT2D eigenvalue weighted by Gasteiger charge is 2.22. The average Bonchev–Trinajstić information content (AvgIpc) is 2.92. The molecule has 3 rings (SSSR count). The van der Waals surface area contributed by atoms with Gasteiger partial charge < -0.3 is 4.90 Å². The van der Waals surface area contributed by atoms with Crippen molar-refractivity contribution < 1.29 is 0 Å². The molecule has 1 aromatic heterocycles. The molecule has 0 spiro atoms. The van der Waals surface area contributed by atoms with Crippen LogP contribution in [0.2, 0.25) is 0 Å². The molecule has 1 aliphatic heterocycles. The minimum absolute atomic E-state index is 1.07. The van der Waals surface area contributed by atoms with Gasteiger partial charge in [0.2, 0.25) is 0 Å². The first-order valence-electron chi connectivity index (χ1n) is 7.58. The van der Waals surface area contributed by atoms with Gasteiger partial charge in [0.05, 0.1) is 16.9 Å². The first-order valence-corrected chi connectivity index (χ1v) is 8.73. The summed E-state index contributed by atoms with van der Waals surface area (Å²) in [6.07, 6.45) is 2.39. The molecule has 0 bridgehead atoms. The third-order valence-electron chi connectivity index (χ3n) is 3.84. The van der Waals surface area contributed by atoms with Crippen LogP contribution in [0, 0.1) is 0 Å². The number of aromatic nitrogens is 1. The minimum atomic E-state index is 1.07. The molecule has 2 nitrogen and oxygen atoms in total. The van der Waals surface area contributed by atoms with E-state index in [0.717, 1.165) is 30.1 Å². The molecule has 0 saturated heterocycles. The van der Waals surface area contributed by atoms with E-state index in [0.29, 0.717) is 0 Å². The summed E-state index contributed by atoms with van der Waals surface area (Å²) >= 11 is 1.99. The van der Waals surface area contributed by atoms with Gasteiger partial charge in [0.1, 0.15) is 0 Å². The van der Waals surface area contributed by atoms with E-state index >= 15 is 0 Å². The standard InChI is InChI=1S/C17H22N2S/c1-3-9-19(10-4-2)17-13-7-5-6-8-15(13)18-16-12-20-11-14(16)17/h5-8H,3-4,9-12H2,1-2H3. The predicted octanol–water partition coefficient (Wildman–Crippen LogP) is 4.61. The second-order valence-electron chi connectivity index (χ2n) is 5.38. The molecule has 0 atom stereocenters. The molecular weight excluding hydrogens is 264 g/mol. The Kier molecular flexibility index (Phi) is 4.16. The van der Waals surface area contributed by atoms with E-state index in [4.69, 9.17) is 4.98 Å². The Bertz CT molecular complexity index is 603. The van der Waals surface area contributed by atoms with Crippen LogP contribution in [-0.2, 0) is 11.5 Å². The molecule has 2 aromatic rings. The van der Waals surface area contributed by atoms with Gasteiger partial charge in [-0.25, -0.2) is 0 Å². The normalized spacial score (nSPS) is 13.7. The fourth-order valence-corrected chi connectivity index (χ4v) is 4.08. The van der Waals surface area contributed by atoms with Gasteiger partial charge in [0.25, 0.3) is 0 Å². The minimum Gasteiger partial charge on any atom is -0.371 e. The largest absolute Gasteiger partial charge is 0.371 e. The molecular formula is C17H22N2S. The van der Waals surface area contributed by atoms with Crippen LogP contribution in [0.3, 0.4) is 0 Å². The summed E-state index contributed by atoms with van der Waals surface area (Å²) in [4.78, 5) is 7.45. The van der Waals surface area contributed by atoms with Crippen molar-refractivity contribution in [3.05, 3.63) is 35.5 Å². The Morgan fingerprint density at radius 1 is 1.10 bits per heavy atom. The van der Waals surface area contributed by atoms with Crippen LogP contribution in [0.25, 0.3) is 10.9 Å². The lowest BCUT2D eigenvalue weighted by Gasteiger charge is -2.27. The van der Waals surface area contributed by atoms with Crippen molar-refractivity contribution in [3.8, 4) is 0 Å². The van der Waals surface area contributed by atoms with Crippen LogP contribution in [-0.4, -0.2) is 18.1 Å². The number of hydrogen-bond acceptors (Lipinski definition) is 3. The molecule has 2 heterocycles. The van der Waals surface area contributed by atoms with Gasteiger partial charge in [-0.2, -0.15) is 11.8 Å². The van der Waals surface area contributed by atoms with Crippen LogP contribution >= 0.6 is 11.8 Å². The maximum absolute atomic E-state index is 4.87. The Balaban J connectivity index is 2.20. The molecule has 1 aliphatic rings. The summed E-state index contributed by atoms with van der Waals surface area (Å²) in [5, 5.41) is 1.33. The number of anilines is 1. The third-order valence-corrected chi connectivity index (χ3v) is 4.81. The first kappa shape index (κ1) is 13.7. The lowest BCUT2D eigenvalue weighted by Crippen LogP contribution is -2.26. The second-order valence-corrected chi connectivity index (χ2v) is 6.37.